The molecule has 25 heavy (non-hydrogen) atoms. The molecule has 3 rings (SSSR count). The van der Waals surface area contributed by atoms with Crippen molar-refractivity contribution < 1.29 is 4.79 Å². The number of amides is 1. The summed E-state index contributed by atoms with van der Waals surface area (Å²) in [6.45, 7) is 9.09. The second-order valence-corrected chi connectivity index (χ2v) is 6.88. The Bertz CT molecular complexity index is 877. The number of aryl methyl sites for hydroxylation is 4. The first-order valence-electron chi connectivity index (χ1n) is 8.80. The molecule has 3 aromatic rings. The molecule has 0 bridgehead atoms. The summed E-state index contributed by atoms with van der Waals surface area (Å²) in [6.07, 6.45) is 4.98. The third-order valence-corrected chi connectivity index (χ3v) is 4.78. The summed E-state index contributed by atoms with van der Waals surface area (Å²) in [5.41, 5.74) is 5.74. The van der Waals surface area contributed by atoms with Crippen molar-refractivity contribution in [2.75, 3.05) is 0 Å². The molecule has 0 saturated carbocycles. The Morgan fingerprint density at radius 2 is 2.04 bits per heavy atom. The monoisotopic (exact) mass is 338 g/mol. The zero-order valence-electron chi connectivity index (χ0n) is 15.4. The van der Waals surface area contributed by atoms with Crippen LogP contribution in [-0.2, 0) is 17.8 Å². The molecular formula is C20H26N4O. The van der Waals surface area contributed by atoms with Gasteiger partial charge in [0, 0.05) is 41.6 Å². The Hall–Kier alpha value is -2.56. The highest BCUT2D eigenvalue weighted by Crippen LogP contribution is 2.28. The molecule has 0 radical (unpaired) electrons. The fraction of sp³-hybridized carbons (Fsp3) is 0.400. The molecule has 132 valence electrons. The van der Waals surface area contributed by atoms with Crippen molar-refractivity contribution in [3.63, 3.8) is 0 Å². The van der Waals surface area contributed by atoms with Gasteiger partial charge in [0.2, 0.25) is 5.91 Å². The van der Waals surface area contributed by atoms with Gasteiger partial charge in [-0.05, 0) is 56.9 Å². The highest BCUT2D eigenvalue weighted by Gasteiger charge is 2.16. The van der Waals surface area contributed by atoms with Crippen LogP contribution in [0.25, 0.3) is 10.9 Å². The smallest absolute Gasteiger partial charge is 0.224 e. The Labute approximate surface area is 148 Å². The molecule has 2 heterocycles. The van der Waals surface area contributed by atoms with Crippen LogP contribution in [0.4, 0.5) is 0 Å². The lowest BCUT2D eigenvalue weighted by atomic mass is 10.0. The SMILES string of the molecule is Cc1[nH]c2c(C)ccc(C)c2c1CC(=O)NC(C)CCn1cccn1. The van der Waals surface area contributed by atoms with Crippen LogP contribution < -0.4 is 5.32 Å². The summed E-state index contributed by atoms with van der Waals surface area (Å²) in [6, 6.07) is 6.27. The minimum absolute atomic E-state index is 0.0675. The number of hydrogen-bond acceptors (Lipinski definition) is 2. The summed E-state index contributed by atoms with van der Waals surface area (Å²) in [7, 11) is 0. The van der Waals surface area contributed by atoms with Crippen molar-refractivity contribution in [3.05, 3.63) is 53.0 Å². The summed E-state index contributed by atoms with van der Waals surface area (Å²) >= 11 is 0. The Morgan fingerprint density at radius 3 is 2.76 bits per heavy atom. The van der Waals surface area contributed by atoms with E-state index in [0.717, 1.165) is 29.7 Å². The highest BCUT2D eigenvalue weighted by atomic mass is 16.1. The van der Waals surface area contributed by atoms with Crippen molar-refractivity contribution in [2.24, 2.45) is 0 Å². The van der Waals surface area contributed by atoms with Gasteiger partial charge in [0.25, 0.3) is 0 Å². The van der Waals surface area contributed by atoms with Gasteiger partial charge in [0.05, 0.1) is 6.42 Å². The van der Waals surface area contributed by atoms with Crippen molar-refractivity contribution >= 4 is 16.8 Å². The third-order valence-electron chi connectivity index (χ3n) is 4.78. The van der Waals surface area contributed by atoms with Gasteiger partial charge in [-0.15, -0.1) is 0 Å². The maximum Gasteiger partial charge on any atom is 0.224 e. The van der Waals surface area contributed by atoms with Gasteiger partial charge in [0.15, 0.2) is 0 Å². The number of carbonyl (C=O) groups excluding carboxylic acids is 1. The summed E-state index contributed by atoms with van der Waals surface area (Å²) in [5, 5.41) is 8.50. The number of nitrogens with one attached hydrogen (secondary N) is 2. The van der Waals surface area contributed by atoms with E-state index in [9.17, 15) is 4.79 Å². The topological polar surface area (TPSA) is 62.7 Å². The predicted molar refractivity (Wildman–Crippen MR) is 101 cm³/mol. The average Bonchev–Trinajstić information content (AvgIpc) is 3.18. The largest absolute Gasteiger partial charge is 0.358 e. The lowest BCUT2D eigenvalue weighted by Gasteiger charge is -2.14. The normalized spacial score (nSPS) is 12.5. The molecule has 0 spiro atoms. The van der Waals surface area contributed by atoms with Crippen LogP contribution in [0.15, 0.2) is 30.6 Å². The fourth-order valence-corrected chi connectivity index (χ4v) is 3.35. The van der Waals surface area contributed by atoms with Gasteiger partial charge in [-0.1, -0.05) is 12.1 Å². The van der Waals surface area contributed by atoms with E-state index in [2.05, 4.69) is 41.4 Å². The lowest BCUT2D eigenvalue weighted by Crippen LogP contribution is -2.34. The van der Waals surface area contributed by atoms with E-state index < -0.39 is 0 Å². The molecule has 5 heteroatoms. The van der Waals surface area contributed by atoms with E-state index in [0.29, 0.717) is 6.42 Å². The fourth-order valence-electron chi connectivity index (χ4n) is 3.35. The summed E-state index contributed by atoms with van der Waals surface area (Å²) in [4.78, 5) is 16.0. The van der Waals surface area contributed by atoms with Gasteiger partial charge in [-0.2, -0.15) is 5.10 Å². The molecule has 1 amide bonds. The number of aromatic amines is 1. The number of aromatic nitrogens is 3. The van der Waals surface area contributed by atoms with E-state index in [1.807, 2.05) is 30.8 Å². The van der Waals surface area contributed by atoms with Crippen LogP contribution in [0.1, 0.15) is 35.7 Å². The first kappa shape index (κ1) is 17.3. The van der Waals surface area contributed by atoms with Gasteiger partial charge in [0.1, 0.15) is 0 Å². The van der Waals surface area contributed by atoms with Crippen LogP contribution in [0, 0.1) is 20.8 Å². The van der Waals surface area contributed by atoms with Crippen molar-refractivity contribution in [2.45, 2.75) is 53.1 Å². The summed E-state index contributed by atoms with van der Waals surface area (Å²) < 4.78 is 1.89. The highest BCUT2D eigenvalue weighted by molar-refractivity contribution is 5.93. The van der Waals surface area contributed by atoms with Crippen LogP contribution in [0.5, 0.6) is 0 Å². The van der Waals surface area contributed by atoms with Gasteiger partial charge in [-0.25, -0.2) is 0 Å². The molecule has 0 aliphatic rings. The molecule has 5 nitrogen and oxygen atoms in total. The maximum absolute atomic E-state index is 12.5. The maximum atomic E-state index is 12.5. The Kier molecular flexibility index (Phi) is 4.93. The molecule has 0 saturated heterocycles. The summed E-state index contributed by atoms with van der Waals surface area (Å²) in [5.74, 6) is 0.0675. The van der Waals surface area contributed by atoms with Crippen LogP contribution in [0.3, 0.4) is 0 Å². The quantitative estimate of drug-likeness (QED) is 0.723. The minimum atomic E-state index is 0.0675. The molecule has 0 aliphatic heterocycles. The zero-order chi connectivity index (χ0) is 18.0. The number of fused-ring (bicyclic) bond motifs is 1. The molecule has 2 N–H and O–H groups in total. The second-order valence-electron chi connectivity index (χ2n) is 6.88. The first-order chi connectivity index (χ1) is 12.0. The number of nitrogens with zero attached hydrogens (tertiary/aromatic N) is 2. The number of rotatable bonds is 6. The molecule has 1 atom stereocenters. The van der Waals surface area contributed by atoms with Crippen LogP contribution in [0.2, 0.25) is 0 Å². The van der Waals surface area contributed by atoms with E-state index in [-0.39, 0.29) is 11.9 Å². The predicted octanol–water partition coefficient (Wildman–Crippen LogP) is 3.43. The number of benzene rings is 1. The average molecular weight is 338 g/mol. The number of carbonyl (C=O) groups is 1. The molecule has 0 fully saturated rings. The Morgan fingerprint density at radius 1 is 1.28 bits per heavy atom. The first-order valence-corrected chi connectivity index (χ1v) is 8.80. The van der Waals surface area contributed by atoms with E-state index >= 15 is 0 Å². The van der Waals surface area contributed by atoms with Crippen molar-refractivity contribution in [1.29, 1.82) is 0 Å². The van der Waals surface area contributed by atoms with Gasteiger partial charge in [-0.3, -0.25) is 9.48 Å². The molecule has 2 aromatic heterocycles. The van der Waals surface area contributed by atoms with Crippen molar-refractivity contribution in [3.8, 4) is 0 Å². The second kappa shape index (κ2) is 7.13. The van der Waals surface area contributed by atoms with E-state index in [4.69, 9.17) is 0 Å². The minimum Gasteiger partial charge on any atom is -0.358 e. The van der Waals surface area contributed by atoms with Crippen molar-refractivity contribution in [1.82, 2.24) is 20.1 Å². The van der Waals surface area contributed by atoms with Crippen LogP contribution in [-0.4, -0.2) is 26.7 Å². The number of hydrogen-bond donors (Lipinski definition) is 2. The van der Waals surface area contributed by atoms with Crippen LogP contribution >= 0.6 is 0 Å². The third kappa shape index (κ3) is 3.76. The molecule has 1 aromatic carbocycles. The lowest BCUT2D eigenvalue weighted by molar-refractivity contribution is -0.121. The Balaban J connectivity index is 1.67. The van der Waals surface area contributed by atoms with Gasteiger partial charge < -0.3 is 10.3 Å². The van der Waals surface area contributed by atoms with Gasteiger partial charge >= 0.3 is 0 Å². The number of H-pyrrole nitrogens is 1. The zero-order valence-corrected chi connectivity index (χ0v) is 15.4. The van der Waals surface area contributed by atoms with E-state index in [1.54, 1.807) is 6.20 Å². The molecular weight excluding hydrogens is 312 g/mol. The molecule has 0 aliphatic carbocycles. The van der Waals surface area contributed by atoms with E-state index in [1.165, 1.54) is 16.5 Å². The molecule has 1 unspecified atom stereocenters. The standard InChI is InChI=1S/C20H26N4O/c1-13-6-7-14(2)20-19(13)17(16(4)23-20)12-18(25)22-15(3)8-11-24-10-5-9-21-24/h5-7,9-10,15,23H,8,11-12H2,1-4H3,(H,22,25).